The molecule has 2 nitrogen and oxygen atoms in total. The second-order valence-corrected chi connectivity index (χ2v) is 6.44. The summed E-state index contributed by atoms with van der Waals surface area (Å²) in [6, 6.07) is 6.70. The summed E-state index contributed by atoms with van der Waals surface area (Å²) in [7, 11) is 0. The maximum absolute atomic E-state index is 14.1. The van der Waals surface area contributed by atoms with Crippen molar-refractivity contribution in [3.63, 3.8) is 0 Å². The summed E-state index contributed by atoms with van der Waals surface area (Å²) in [6.07, 6.45) is 1.01. The van der Waals surface area contributed by atoms with Crippen LogP contribution in [0.2, 0.25) is 5.02 Å². The van der Waals surface area contributed by atoms with Gasteiger partial charge in [0.2, 0.25) is 0 Å². The molecule has 0 radical (unpaired) electrons. The third-order valence-electron chi connectivity index (χ3n) is 3.82. The van der Waals surface area contributed by atoms with Crippen LogP contribution in [-0.2, 0) is 13.0 Å². The Balaban J connectivity index is 1.89. The molecule has 2 aromatic rings. The van der Waals surface area contributed by atoms with E-state index in [1.807, 2.05) is 0 Å². The first-order chi connectivity index (χ1) is 9.69. The van der Waals surface area contributed by atoms with E-state index in [0.717, 1.165) is 19.5 Å². The maximum atomic E-state index is 14.1. The van der Waals surface area contributed by atoms with Crippen LogP contribution < -0.4 is 5.73 Å². The third kappa shape index (κ3) is 2.61. The molecule has 1 aromatic carbocycles. The molecule has 1 aliphatic heterocycles. The first kappa shape index (κ1) is 14.0. The number of thiophene rings is 1. The van der Waals surface area contributed by atoms with Crippen molar-refractivity contribution in [3.05, 3.63) is 56.5 Å². The number of hydrogen-bond acceptors (Lipinski definition) is 3. The summed E-state index contributed by atoms with van der Waals surface area (Å²) in [5.41, 5.74) is 7.83. The van der Waals surface area contributed by atoms with Crippen molar-refractivity contribution < 1.29 is 4.39 Å². The van der Waals surface area contributed by atoms with E-state index in [1.54, 1.807) is 23.5 Å². The van der Waals surface area contributed by atoms with Crippen molar-refractivity contribution in [3.8, 4) is 0 Å². The fourth-order valence-corrected chi connectivity index (χ4v) is 3.85. The van der Waals surface area contributed by atoms with Crippen molar-refractivity contribution in [1.29, 1.82) is 0 Å². The fraction of sp³-hybridized carbons (Fsp3) is 0.333. The molecular weight excluding hydrogens is 295 g/mol. The van der Waals surface area contributed by atoms with Gasteiger partial charge in [-0.2, -0.15) is 0 Å². The summed E-state index contributed by atoms with van der Waals surface area (Å²) in [5.74, 6) is -0.235. The molecule has 0 amide bonds. The molecule has 2 N–H and O–H groups in total. The normalized spacial score (nSPS) is 16.9. The average Bonchev–Trinajstić information content (AvgIpc) is 2.91. The molecule has 0 saturated heterocycles. The van der Waals surface area contributed by atoms with Gasteiger partial charge in [-0.05, 0) is 41.6 Å². The number of hydrogen-bond donors (Lipinski definition) is 1. The quantitative estimate of drug-likeness (QED) is 0.938. The Morgan fingerprint density at radius 2 is 2.25 bits per heavy atom. The van der Waals surface area contributed by atoms with E-state index in [0.29, 0.717) is 17.1 Å². The zero-order valence-electron chi connectivity index (χ0n) is 11.0. The largest absolute Gasteiger partial charge is 0.329 e. The summed E-state index contributed by atoms with van der Waals surface area (Å²) < 4.78 is 14.1. The van der Waals surface area contributed by atoms with Crippen molar-refractivity contribution in [2.75, 3.05) is 13.1 Å². The molecule has 0 fully saturated rings. The first-order valence-corrected chi connectivity index (χ1v) is 7.89. The highest BCUT2D eigenvalue weighted by atomic mass is 35.5. The number of benzene rings is 1. The van der Waals surface area contributed by atoms with Crippen LogP contribution in [0.3, 0.4) is 0 Å². The smallest absolute Gasteiger partial charge is 0.128 e. The van der Waals surface area contributed by atoms with Crippen LogP contribution in [0, 0.1) is 5.82 Å². The van der Waals surface area contributed by atoms with Crippen molar-refractivity contribution in [2.45, 2.75) is 19.0 Å². The van der Waals surface area contributed by atoms with Gasteiger partial charge in [-0.1, -0.05) is 11.6 Å². The van der Waals surface area contributed by atoms with Gasteiger partial charge in [0, 0.05) is 35.1 Å². The molecule has 3 rings (SSSR count). The molecule has 0 saturated carbocycles. The van der Waals surface area contributed by atoms with E-state index in [-0.39, 0.29) is 11.9 Å². The highest BCUT2D eigenvalue weighted by Gasteiger charge is 2.26. The maximum Gasteiger partial charge on any atom is 0.128 e. The van der Waals surface area contributed by atoms with E-state index >= 15 is 0 Å². The number of rotatable bonds is 3. The predicted molar refractivity (Wildman–Crippen MR) is 81.6 cm³/mol. The molecular formula is C15H16ClFN2S. The van der Waals surface area contributed by atoms with Gasteiger partial charge in [0.1, 0.15) is 5.82 Å². The van der Waals surface area contributed by atoms with Crippen molar-refractivity contribution >= 4 is 22.9 Å². The molecule has 5 heteroatoms. The molecule has 0 bridgehead atoms. The van der Waals surface area contributed by atoms with E-state index in [9.17, 15) is 4.39 Å². The summed E-state index contributed by atoms with van der Waals surface area (Å²) in [4.78, 5) is 3.67. The lowest BCUT2D eigenvalue weighted by Crippen LogP contribution is -2.37. The van der Waals surface area contributed by atoms with Gasteiger partial charge in [-0.15, -0.1) is 11.3 Å². The standard InChI is InChI=1S/C15H16ClFN2S/c16-11-1-2-13(17)12(7-11)14(8-18)19-5-3-15-10(9-19)4-6-20-15/h1-2,4,6-7,14H,3,5,8-9,18H2. The number of nitrogens with two attached hydrogens (primary N) is 1. The lowest BCUT2D eigenvalue weighted by Gasteiger charge is -2.34. The fourth-order valence-electron chi connectivity index (χ4n) is 2.78. The van der Waals surface area contributed by atoms with E-state index in [2.05, 4.69) is 16.3 Å². The van der Waals surface area contributed by atoms with Crippen molar-refractivity contribution in [2.24, 2.45) is 5.73 Å². The Hall–Kier alpha value is -0.940. The molecule has 1 aliphatic rings. The molecule has 106 valence electrons. The van der Waals surface area contributed by atoms with Gasteiger partial charge < -0.3 is 5.73 Å². The summed E-state index contributed by atoms with van der Waals surface area (Å²) in [6.45, 7) is 2.12. The SMILES string of the molecule is NCC(c1cc(Cl)ccc1F)N1CCc2sccc2C1. The van der Waals surface area contributed by atoms with Crippen LogP contribution in [-0.4, -0.2) is 18.0 Å². The number of halogens is 2. The van der Waals surface area contributed by atoms with E-state index in [1.165, 1.54) is 16.5 Å². The van der Waals surface area contributed by atoms with Crippen LogP contribution in [0.5, 0.6) is 0 Å². The molecule has 2 heterocycles. The zero-order valence-corrected chi connectivity index (χ0v) is 12.6. The zero-order chi connectivity index (χ0) is 14.1. The van der Waals surface area contributed by atoms with Gasteiger partial charge in [-0.3, -0.25) is 4.90 Å². The molecule has 1 aromatic heterocycles. The highest BCUT2D eigenvalue weighted by molar-refractivity contribution is 7.10. The number of fused-ring (bicyclic) bond motifs is 1. The summed E-state index contributed by atoms with van der Waals surface area (Å²) in [5, 5.41) is 2.67. The second-order valence-electron chi connectivity index (χ2n) is 5.01. The molecule has 20 heavy (non-hydrogen) atoms. The second kappa shape index (κ2) is 5.82. The monoisotopic (exact) mass is 310 g/mol. The topological polar surface area (TPSA) is 29.3 Å². The van der Waals surface area contributed by atoms with Gasteiger partial charge in [0.15, 0.2) is 0 Å². The van der Waals surface area contributed by atoms with Gasteiger partial charge >= 0.3 is 0 Å². The molecule has 1 unspecified atom stereocenters. The Morgan fingerprint density at radius 1 is 1.40 bits per heavy atom. The lowest BCUT2D eigenvalue weighted by molar-refractivity contribution is 0.181. The average molecular weight is 311 g/mol. The molecule has 0 aliphatic carbocycles. The Morgan fingerprint density at radius 3 is 3.05 bits per heavy atom. The van der Waals surface area contributed by atoms with Crippen molar-refractivity contribution in [1.82, 2.24) is 4.90 Å². The van der Waals surface area contributed by atoms with E-state index in [4.69, 9.17) is 17.3 Å². The van der Waals surface area contributed by atoms with Gasteiger partial charge in [0.05, 0.1) is 6.04 Å². The Labute approximate surface area is 127 Å². The third-order valence-corrected chi connectivity index (χ3v) is 5.08. The highest BCUT2D eigenvalue weighted by Crippen LogP contribution is 2.31. The number of nitrogens with zero attached hydrogens (tertiary/aromatic N) is 1. The minimum Gasteiger partial charge on any atom is -0.329 e. The van der Waals surface area contributed by atoms with Gasteiger partial charge in [0.25, 0.3) is 0 Å². The lowest BCUT2D eigenvalue weighted by atomic mass is 10.0. The Kier molecular flexibility index (Phi) is 4.08. The molecule has 0 spiro atoms. The minimum absolute atomic E-state index is 0.123. The predicted octanol–water partition coefficient (Wildman–Crippen LogP) is 3.60. The van der Waals surface area contributed by atoms with E-state index < -0.39 is 0 Å². The van der Waals surface area contributed by atoms with Crippen LogP contribution in [0.4, 0.5) is 4.39 Å². The van der Waals surface area contributed by atoms with Gasteiger partial charge in [-0.25, -0.2) is 4.39 Å². The van der Waals surface area contributed by atoms with Crippen LogP contribution >= 0.6 is 22.9 Å². The first-order valence-electron chi connectivity index (χ1n) is 6.63. The minimum atomic E-state index is -0.235. The summed E-state index contributed by atoms with van der Waals surface area (Å²) >= 11 is 7.79. The van der Waals surface area contributed by atoms with Crippen LogP contribution in [0.1, 0.15) is 22.0 Å². The Bertz CT molecular complexity index is 614. The molecule has 1 atom stereocenters. The van der Waals surface area contributed by atoms with Crippen LogP contribution in [0.15, 0.2) is 29.6 Å². The van der Waals surface area contributed by atoms with Crippen LogP contribution in [0.25, 0.3) is 0 Å².